The zero-order valence-corrected chi connectivity index (χ0v) is 17.3. The first-order valence-electron chi connectivity index (χ1n) is 9.06. The Morgan fingerprint density at radius 2 is 1.86 bits per heavy atom. The second-order valence-electron chi connectivity index (χ2n) is 6.42. The van der Waals surface area contributed by atoms with E-state index in [0.29, 0.717) is 34.6 Å². The lowest BCUT2D eigenvalue weighted by atomic mass is 10.1. The summed E-state index contributed by atoms with van der Waals surface area (Å²) in [6.45, 7) is 2.49. The van der Waals surface area contributed by atoms with E-state index in [1.807, 2.05) is 49.4 Å². The van der Waals surface area contributed by atoms with Gasteiger partial charge in [-0.05, 0) is 30.5 Å². The third kappa shape index (κ3) is 5.53. The summed E-state index contributed by atoms with van der Waals surface area (Å²) in [6, 6.07) is 17.6. The van der Waals surface area contributed by atoms with Gasteiger partial charge in [-0.2, -0.15) is 4.98 Å². The molecule has 0 saturated carbocycles. The predicted octanol–water partition coefficient (Wildman–Crippen LogP) is 4.09. The molecule has 3 rings (SSSR count). The van der Waals surface area contributed by atoms with E-state index in [1.54, 1.807) is 0 Å². The van der Waals surface area contributed by atoms with Crippen molar-refractivity contribution in [1.82, 2.24) is 9.97 Å². The normalized spacial score (nSPS) is 11.9. The number of hydrogen-bond acceptors (Lipinski definition) is 5. The molecule has 1 heterocycles. The van der Waals surface area contributed by atoms with Crippen molar-refractivity contribution >= 4 is 34.2 Å². The van der Waals surface area contributed by atoms with Crippen molar-refractivity contribution in [1.29, 1.82) is 0 Å². The van der Waals surface area contributed by atoms with E-state index in [1.165, 1.54) is 5.56 Å². The molecule has 3 aromatic rings. The summed E-state index contributed by atoms with van der Waals surface area (Å²) in [5.41, 5.74) is 9.64. The maximum atomic E-state index is 12.2. The molecule has 0 fully saturated rings. The van der Waals surface area contributed by atoms with Crippen LogP contribution in [0, 0.1) is 6.92 Å². The van der Waals surface area contributed by atoms with E-state index < -0.39 is 10.8 Å². The first kappa shape index (κ1) is 20.3. The summed E-state index contributed by atoms with van der Waals surface area (Å²) in [7, 11) is -0.902. The molecule has 1 unspecified atom stereocenters. The number of nitrogens with two attached hydrogens (primary N) is 1. The van der Waals surface area contributed by atoms with Crippen LogP contribution in [0.25, 0.3) is 11.3 Å². The van der Waals surface area contributed by atoms with Crippen molar-refractivity contribution in [2.24, 2.45) is 0 Å². The number of nitrogen functional groups attached to an aromatic ring is 1. The Bertz CT molecular complexity index is 966. The fourth-order valence-corrected chi connectivity index (χ4v) is 4.02. The van der Waals surface area contributed by atoms with Crippen LogP contribution in [0.1, 0.15) is 11.1 Å². The molecule has 0 bridgehead atoms. The summed E-state index contributed by atoms with van der Waals surface area (Å²) >= 11 is 6.21. The van der Waals surface area contributed by atoms with Gasteiger partial charge in [0.2, 0.25) is 5.95 Å². The minimum Gasteiger partial charge on any atom is -0.369 e. The second kappa shape index (κ2) is 9.66. The standard InChI is InChI=1S/C21H23ClN4OS/c1-15-17(8-5-9-18(15)22)19-14-20(26-21(23)25-19)24-11-13-28(27)12-10-16-6-3-2-4-7-16/h2-9,14H,10-13H2,1H3,(H3,23,24,25,26). The lowest BCUT2D eigenvalue weighted by Crippen LogP contribution is -2.15. The summed E-state index contributed by atoms with van der Waals surface area (Å²) in [6.07, 6.45) is 0.812. The average Bonchev–Trinajstić information content (AvgIpc) is 2.69. The van der Waals surface area contributed by atoms with Crippen LogP contribution in [-0.2, 0) is 17.2 Å². The Hall–Kier alpha value is -2.44. The largest absolute Gasteiger partial charge is 0.369 e. The van der Waals surface area contributed by atoms with E-state index in [0.717, 1.165) is 17.5 Å². The van der Waals surface area contributed by atoms with E-state index in [9.17, 15) is 4.21 Å². The van der Waals surface area contributed by atoms with Crippen LogP contribution in [-0.4, -0.2) is 32.2 Å². The Morgan fingerprint density at radius 3 is 2.64 bits per heavy atom. The van der Waals surface area contributed by atoms with Gasteiger partial charge in [0.15, 0.2) is 0 Å². The number of nitrogens with zero attached hydrogens (tertiary/aromatic N) is 2. The van der Waals surface area contributed by atoms with Gasteiger partial charge in [-0.15, -0.1) is 0 Å². The number of aryl methyl sites for hydroxylation is 1. The Kier molecular flexibility index (Phi) is 7.01. The smallest absolute Gasteiger partial charge is 0.222 e. The Morgan fingerprint density at radius 1 is 1.07 bits per heavy atom. The van der Waals surface area contributed by atoms with Gasteiger partial charge in [0.05, 0.1) is 5.69 Å². The average molecular weight is 415 g/mol. The Labute approximate surface area is 172 Å². The zero-order chi connectivity index (χ0) is 19.9. The summed E-state index contributed by atoms with van der Waals surface area (Å²) < 4.78 is 12.2. The minimum absolute atomic E-state index is 0.185. The van der Waals surface area contributed by atoms with Crippen LogP contribution in [0.5, 0.6) is 0 Å². The lowest BCUT2D eigenvalue weighted by molar-refractivity contribution is 0.682. The Balaban J connectivity index is 1.58. The molecule has 5 nitrogen and oxygen atoms in total. The molecular formula is C21H23ClN4OS. The maximum Gasteiger partial charge on any atom is 0.222 e. The van der Waals surface area contributed by atoms with E-state index >= 15 is 0 Å². The third-order valence-electron chi connectivity index (χ3n) is 4.38. The van der Waals surface area contributed by atoms with Gasteiger partial charge >= 0.3 is 0 Å². The molecule has 0 aliphatic carbocycles. The van der Waals surface area contributed by atoms with Crippen molar-refractivity contribution in [3.05, 3.63) is 70.7 Å². The van der Waals surface area contributed by atoms with Crippen molar-refractivity contribution in [3.8, 4) is 11.3 Å². The van der Waals surface area contributed by atoms with Gasteiger partial charge in [0, 0.05) is 45.5 Å². The molecule has 0 aliphatic rings. The second-order valence-corrected chi connectivity index (χ2v) is 8.52. The summed E-state index contributed by atoms with van der Waals surface area (Å²) in [5, 5.41) is 3.88. The molecule has 0 aliphatic heterocycles. The van der Waals surface area contributed by atoms with E-state index in [2.05, 4.69) is 27.4 Å². The molecular weight excluding hydrogens is 392 g/mol. The number of rotatable bonds is 8. The van der Waals surface area contributed by atoms with Gasteiger partial charge in [-0.25, -0.2) is 4.98 Å². The van der Waals surface area contributed by atoms with Crippen molar-refractivity contribution in [2.75, 3.05) is 29.1 Å². The van der Waals surface area contributed by atoms with Gasteiger partial charge < -0.3 is 11.1 Å². The van der Waals surface area contributed by atoms with Gasteiger partial charge in [-0.3, -0.25) is 4.21 Å². The number of halogens is 1. The predicted molar refractivity (Wildman–Crippen MR) is 118 cm³/mol. The fourth-order valence-electron chi connectivity index (χ4n) is 2.85. The number of benzene rings is 2. The number of hydrogen-bond donors (Lipinski definition) is 2. The first-order chi connectivity index (χ1) is 13.5. The van der Waals surface area contributed by atoms with E-state index in [4.69, 9.17) is 17.3 Å². The number of anilines is 2. The molecule has 146 valence electrons. The zero-order valence-electron chi connectivity index (χ0n) is 15.7. The highest BCUT2D eigenvalue weighted by Crippen LogP contribution is 2.28. The molecule has 0 saturated heterocycles. The molecule has 28 heavy (non-hydrogen) atoms. The minimum atomic E-state index is -0.902. The van der Waals surface area contributed by atoms with Crippen molar-refractivity contribution in [2.45, 2.75) is 13.3 Å². The highest BCUT2D eigenvalue weighted by Gasteiger charge is 2.10. The van der Waals surface area contributed by atoms with Crippen molar-refractivity contribution in [3.63, 3.8) is 0 Å². The first-order valence-corrected chi connectivity index (χ1v) is 10.9. The van der Waals surface area contributed by atoms with Gasteiger partial charge in [0.25, 0.3) is 0 Å². The molecule has 0 spiro atoms. The highest BCUT2D eigenvalue weighted by atomic mass is 35.5. The topological polar surface area (TPSA) is 80.9 Å². The summed E-state index contributed by atoms with van der Waals surface area (Å²) in [4.78, 5) is 8.55. The fraction of sp³-hybridized carbons (Fsp3) is 0.238. The quantitative estimate of drug-likeness (QED) is 0.580. The lowest BCUT2D eigenvalue weighted by Gasteiger charge is -2.11. The molecule has 0 amide bonds. The van der Waals surface area contributed by atoms with Crippen molar-refractivity contribution < 1.29 is 4.21 Å². The number of nitrogens with one attached hydrogen (secondary N) is 1. The molecule has 3 N–H and O–H groups in total. The highest BCUT2D eigenvalue weighted by molar-refractivity contribution is 7.85. The van der Waals surface area contributed by atoms with Crippen LogP contribution in [0.2, 0.25) is 5.02 Å². The molecule has 1 aromatic heterocycles. The van der Waals surface area contributed by atoms with Gasteiger partial charge in [-0.1, -0.05) is 54.1 Å². The van der Waals surface area contributed by atoms with Crippen LogP contribution in [0.4, 0.5) is 11.8 Å². The molecule has 7 heteroatoms. The van der Waals surface area contributed by atoms with Crippen LogP contribution < -0.4 is 11.1 Å². The number of aromatic nitrogens is 2. The monoisotopic (exact) mass is 414 g/mol. The molecule has 2 aromatic carbocycles. The van der Waals surface area contributed by atoms with Crippen LogP contribution >= 0.6 is 11.6 Å². The van der Waals surface area contributed by atoms with Crippen LogP contribution in [0.15, 0.2) is 54.6 Å². The molecule has 1 atom stereocenters. The van der Waals surface area contributed by atoms with Gasteiger partial charge in [0.1, 0.15) is 5.82 Å². The summed E-state index contributed by atoms with van der Waals surface area (Å²) in [5.74, 6) is 1.99. The SMILES string of the molecule is Cc1c(Cl)cccc1-c1cc(NCCS(=O)CCc2ccccc2)nc(N)n1. The van der Waals surface area contributed by atoms with E-state index in [-0.39, 0.29) is 5.95 Å². The maximum absolute atomic E-state index is 12.2. The third-order valence-corrected chi connectivity index (χ3v) is 6.11. The molecule has 0 radical (unpaired) electrons. The van der Waals surface area contributed by atoms with Crippen LogP contribution in [0.3, 0.4) is 0 Å².